The molecule has 90 valence electrons. The monoisotopic (exact) mass is 224 g/mol. The summed E-state index contributed by atoms with van der Waals surface area (Å²) in [4.78, 5) is 8.12. The summed E-state index contributed by atoms with van der Waals surface area (Å²) in [5.41, 5.74) is 6.28. The van der Waals surface area contributed by atoms with E-state index in [0.29, 0.717) is 17.4 Å². The largest absolute Gasteiger partial charge is 0.473 e. The summed E-state index contributed by atoms with van der Waals surface area (Å²) < 4.78 is 5.48. The van der Waals surface area contributed by atoms with E-state index in [1.54, 1.807) is 0 Å². The van der Waals surface area contributed by atoms with E-state index >= 15 is 0 Å². The molecule has 1 heterocycles. The van der Waals surface area contributed by atoms with Crippen molar-refractivity contribution in [2.45, 2.75) is 46.3 Å². The van der Waals surface area contributed by atoms with Crippen molar-refractivity contribution in [2.75, 3.05) is 11.1 Å². The highest BCUT2D eigenvalue weighted by Gasteiger charge is 2.16. The van der Waals surface area contributed by atoms with Crippen molar-refractivity contribution in [2.24, 2.45) is 0 Å². The smallest absolute Gasteiger partial charge is 0.242 e. The molecular formula is C11H20N4O. The number of aromatic nitrogens is 2. The van der Waals surface area contributed by atoms with E-state index < -0.39 is 0 Å². The molecule has 16 heavy (non-hydrogen) atoms. The van der Waals surface area contributed by atoms with Gasteiger partial charge >= 0.3 is 0 Å². The first kappa shape index (κ1) is 12.5. The molecular weight excluding hydrogens is 204 g/mol. The molecule has 0 radical (unpaired) electrons. The molecule has 0 aromatic carbocycles. The summed E-state index contributed by atoms with van der Waals surface area (Å²) in [6, 6.07) is 0. The minimum Gasteiger partial charge on any atom is -0.473 e. The predicted molar refractivity (Wildman–Crippen MR) is 65.6 cm³/mol. The van der Waals surface area contributed by atoms with Crippen molar-refractivity contribution in [3.8, 4) is 5.88 Å². The number of hydrogen-bond acceptors (Lipinski definition) is 5. The molecule has 0 saturated heterocycles. The maximum atomic E-state index is 5.93. The van der Waals surface area contributed by atoms with Crippen molar-refractivity contribution >= 4 is 11.5 Å². The number of anilines is 2. The van der Waals surface area contributed by atoms with Crippen molar-refractivity contribution in [3.63, 3.8) is 0 Å². The lowest BCUT2D eigenvalue weighted by Crippen LogP contribution is -2.27. The topological polar surface area (TPSA) is 73.1 Å². The molecule has 0 atom stereocenters. The average molecular weight is 224 g/mol. The van der Waals surface area contributed by atoms with Gasteiger partial charge in [0.15, 0.2) is 5.82 Å². The Morgan fingerprint density at radius 2 is 1.94 bits per heavy atom. The van der Waals surface area contributed by atoms with Gasteiger partial charge in [-0.2, -0.15) is 4.98 Å². The second-order valence-corrected chi connectivity index (χ2v) is 4.98. The maximum Gasteiger partial charge on any atom is 0.242 e. The van der Waals surface area contributed by atoms with Crippen LogP contribution in [0.4, 0.5) is 11.5 Å². The van der Waals surface area contributed by atoms with Crippen molar-refractivity contribution < 1.29 is 4.74 Å². The number of nitrogens with zero attached hydrogens (tertiary/aromatic N) is 2. The number of nitrogens with two attached hydrogens (primary N) is 1. The van der Waals surface area contributed by atoms with Gasteiger partial charge in [-0.3, -0.25) is 0 Å². The number of ether oxygens (including phenoxy) is 1. The van der Waals surface area contributed by atoms with Crippen LogP contribution in [0.5, 0.6) is 5.88 Å². The Morgan fingerprint density at radius 1 is 1.31 bits per heavy atom. The average Bonchev–Trinajstić information content (AvgIpc) is 2.09. The third-order valence-electron chi connectivity index (χ3n) is 1.69. The number of hydrogen-bond donors (Lipinski definition) is 2. The first-order valence-corrected chi connectivity index (χ1v) is 5.35. The van der Waals surface area contributed by atoms with Crippen LogP contribution in [0.1, 0.15) is 34.6 Å². The van der Waals surface area contributed by atoms with Gasteiger partial charge in [0, 0.05) is 5.54 Å². The van der Waals surface area contributed by atoms with Gasteiger partial charge in [0.1, 0.15) is 12.0 Å². The Kier molecular flexibility index (Phi) is 3.57. The summed E-state index contributed by atoms with van der Waals surface area (Å²) in [6.45, 7) is 9.98. The van der Waals surface area contributed by atoms with Crippen LogP contribution in [0.15, 0.2) is 6.33 Å². The summed E-state index contributed by atoms with van der Waals surface area (Å²) in [7, 11) is 0. The van der Waals surface area contributed by atoms with E-state index in [9.17, 15) is 0 Å². The molecule has 0 amide bonds. The van der Waals surface area contributed by atoms with Crippen LogP contribution in [-0.2, 0) is 0 Å². The van der Waals surface area contributed by atoms with E-state index in [4.69, 9.17) is 10.5 Å². The van der Waals surface area contributed by atoms with Crippen LogP contribution in [0.25, 0.3) is 0 Å². The van der Waals surface area contributed by atoms with Gasteiger partial charge in [-0.25, -0.2) is 4.98 Å². The summed E-state index contributed by atoms with van der Waals surface area (Å²) >= 11 is 0. The molecule has 0 bridgehead atoms. The molecule has 0 unspecified atom stereocenters. The molecule has 1 rings (SSSR count). The molecule has 0 saturated carbocycles. The highest BCUT2D eigenvalue weighted by atomic mass is 16.5. The van der Waals surface area contributed by atoms with Crippen LogP contribution in [0.3, 0.4) is 0 Å². The molecule has 0 aliphatic heterocycles. The highest BCUT2D eigenvalue weighted by molar-refractivity contribution is 5.67. The second-order valence-electron chi connectivity index (χ2n) is 4.98. The Balaban J connectivity index is 2.95. The van der Waals surface area contributed by atoms with E-state index in [2.05, 4.69) is 15.3 Å². The predicted octanol–water partition coefficient (Wildman–Crippen LogP) is 2.06. The Hall–Kier alpha value is -1.52. The summed E-state index contributed by atoms with van der Waals surface area (Å²) in [5, 5.41) is 3.21. The lowest BCUT2D eigenvalue weighted by atomic mass is 10.1. The molecule has 1 aromatic heterocycles. The van der Waals surface area contributed by atoms with E-state index in [1.807, 2.05) is 34.6 Å². The zero-order chi connectivity index (χ0) is 12.3. The van der Waals surface area contributed by atoms with Crippen molar-refractivity contribution in [1.29, 1.82) is 0 Å². The fraction of sp³-hybridized carbons (Fsp3) is 0.636. The maximum absolute atomic E-state index is 5.93. The van der Waals surface area contributed by atoms with E-state index in [0.717, 1.165) is 0 Å². The summed E-state index contributed by atoms with van der Waals surface area (Å²) in [6.07, 6.45) is 1.49. The zero-order valence-corrected chi connectivity index (χ0v) is 10.5. The standard InChI is InChI=1S/C11H20N4O/c1-7(2)16-10-8(12)9(13-6-14-10)15-11(3,4)5/h6-7H,12H2,1-5H3,(H,13,14,15). The second kappa shape index (κ2) is 4.55. The Morgan fingerprint density at radius 3 is 2.44 bits per heavy atom. The number of nitrogens with one attached hydrogen (secondary N) is 1. The molecule has 0 spiro atoms. The fourth-order valence-corrected chi connectivity index (χ4v) is 1.15. The molecule has 0 aliphatic carbocycles. The van der Waals surface area contributed by atoms with Gasteiger partial charge in [-0.15, -0.1) is 0 Å². The van der Waals surface area contributed by atoms with Crippen LogP contribution in [-0.4, -0.2) is 21.6 Å². The number of rotatable bonds is 3. The minimum absolute atomic E-state index is 0.0414. The SMILES string of the molecule is CC(C)Oc1ncnc(NC(C)(C)C)c1N. The molecule has 3 N–H and O–H groups in total. The Labute approximate surface area is 96.4 Å². The summed E-state index contributed by atoms with van der Waals surface area (Å²) in [5.74, 6) is 1.04. The minimum atomic E-state index is -0.0996. The lowest BCUT2D eigenvalue weighted by Gasteiger charge is -2.22. The quantitative estimate of drug-likeness (QED) is 0.822. The van der Waals surface area contributed by atoms with Gasteiger partial charge in [-0.05, 0) is 34.6 Å². The fourth-order valence-electron chi connectivity index (χ4n) is 1.15. The van der Waals surface area contributed by atoms with Gasteiger partial charge in [0.2, 0.25) is 5.88 Å². The molecule has 5 nitrogen and oxygen atoms in total. The van der Waals surface area contributed by atoms with E-state index in [1.165, 1.54) is 6.33 Å². The van der Waals surface area contributed by atoms with E-state index in [-0.39, 0.29) is 11.6 Å². The molecule has 5 heteroatoms. The third-order valence-corrected chi connectivity index (χ3v) is 1.69. The lowest BCUT2D eigenvalue weighted by molar-refractivity contribution is 0.234. The third kappa shape index (κ3) is 3.56. The van der Waals surface area contributed by atoms with Gasteiger partial charge in [-0.1, -0.05) is 0 Å². The van der Waals surface area contributed by atoms with Crippen LogP contribution in [0.2, 0.25) is 0 Å². The highest BCUT2D eigenvalue weighted by Crippen LogP contribution is 2.27. The first-order valence-electron chi connectivity index (χ1n) is 5.35. The molecule has 1 aromatic rings. The Bertz CT molecular complexity index is 357. The van der Waals surface area contributed by atoms with Crippen LogP contribution < -0.4 is 15.8 Å². The van der Waals surface area contributed by atoms with Crippen molar-refractivity contribution in [1.82, 2.24) is 9.97 Å². The van der Waals surface area contributed by atoms with Gasteiger partial charge in [0.25, 0.3) is 0 Å². The first-order chi connectivity index (χ1) is 7.29. The van der Waals surface area contributed by atoms with Crippen LogP contribution in [0, 0.1) is 0 Å². The zero-order valence-electron chi connectivity index (χ0n) is 10.5. The van der Waals surface area contributed by atoms with Crippen molar-refractivity contribution in [3.05, 3.63) is 6.33 Å². The van der Waals surface area contributed by atoms with Gasteiger partial charge in [0.05, 0.1) is 6.10 Å². The number of nitrogen functional groups attached to an aromatic ring is 1. The van der Waals surface area contributed by atoms with Gasteiger partial charge < -0.3 is 15.8 Å². The molecule has 0 aliphatic rings. The van der Waals surface area contributed by atoms with Crippen LogP contribution >= 0.6 is 0 Å². The molecule has 0 fully saturated rings. The normalized spacial score (nSPS) is 11.6.